The summed E-state index contributed by atoms with van der Waals surface area (Å²) in [6.07, 6.45) is 2.17. The molecule has 0 spiro atoms. The van der Waals surface area contributed by atoms with Crippen LogP contribution in [0, 0.1) is 0 Å². The van der Waals surface area contributed by atoms with Gasteiger partial charge in [0, 0.05) is 17.5 Å². The Morgan fingerprint density at radius 1 is 0.778 bits per heavy atom. The van der Waals surface area contributed by atoms with E-state index >= 15 is 0 Å². The Kier molecular flexibility index (Phi) is 6.00. The van der Waals surface area contributed by atoms with Gasteiger partial charge in [-0.1, -0.05) is 54.6 Å². The molecule has 27 heavy (non-hydrogen) atoms. The molecule has 3 aromatic carbocycles. The third kappa shape index (κ3) is 5.05. The summed E-state index contributed by atoms with van der Waals surface area (Å²) in [5, 5.41) is 2.78. The molecule has 1 amide bonds. The van der Waals surface area contributed by atoms with E-state index in [-0.39, 0.29) is 11.7 Å². The van der Waals surface area contributed by atoms with Crippen LogP contribution in [-0.4, -0.2) is 11.7 Å². The highest BCUT2D eigenvalue weighted by atomic mass is 16.1. The molecule has 0 fully saturated rings. The lowest BCUT2D eigenvalue weighted by Crippen LogP contribution is -2.13. The van der Waals surface area contributed by atoms with Crippen molar-refractivity contribution in [1.29, 1.82) is 0 Å². The van der Waals surface area contributed by atoms with Crippen LogP contribution >= 0.6 is 0 Å². The Hall–Kier alpha value is -3.40. The minimum Gasteiger partial charge on any atom is -0.397 e. The lowest BCUT2D eigenvalue weighted by molar-refractivity contribution is 0.0977. The van der Waals surface area contributed by atoms with Gasteiger partial charge in [0.1, 0.15) is 0 Å². The van der Waals surface area contributed by atoms with Crippen molar-refractivity contribution >= 4 is 23.1 Å². The van der Waals surface area contributed by atoms with E-state index in [4.69, 9.17) is 5.73 Å². The molecule has 0 aromatic heterocycles. The van der Waals surface area contributed by atoms with E-state index in [1.54, 1.807) is 36.4 Å². The molecule has 3 rings (SSSR count). The molecule has 0 saturated heterocycles. The minimum absolute atomic E-state index is 0.0881. The van der Waals surface area contributed by atoms with Crippen LogP contribution in [0.2, 0.25) is 0 Å². The first-order valence-electron chi connectivity index (χ1n) is 8.96. The van der Waals surface area contributed by atoms with Gasteiger partial charge in [-0.15, -0.1) is 0 Å². The first-order valence-corrected chi connectivity index (χ1v) is 8.96. The highest BCUT2D eigenvalue weighted by molar-refractivity contribution is 6.06. The normalized spacial score (nSPS) is 10.4. The molecule has 0 bridgehead atoms. The number of nitrogens with two attached hydrogens (primary N) is 1. The van der Waals surface area contributed by atoms with Crippen molar-refractivity contribution < 1.29 is 9.59 Å². The van der Waals surface area contributed by atoms with E-state index in [0.29, 0.717) is 28.9 Å². The molecular formula is C23H22N2O2. The van der Waals surface area contributed by atoms with Gasteiger partial charge in [-0.2, -0.15) is 0 Å². The van der Waals surface area contributed by atoms with Crippen molar-refractivity contribution in [1.82, 2.24) is 0 Å². The lowest BCUT2D eigenvalue weighted by atomic mass is 10.0. The van der Waals surface area contributed by atoms with Gasteiger partial charge in [0.25, 0.3) is 5.91 Å². The summed E-state index contributed by atoms with van der Waals surface area (Å²) < 4.78 is 0. The number of ketones is 1. The van der Waals surface area contributed by atoms with Gasteiger partial charge in [0.2, 0.25) is 0 Å². The third-order valence-corrected chi connectivity index (χ3v) is 4.39. The van der Waals surface area contributed by atoms with Crippen LogP contribution in [0.15, 0.2) is 78.9 Å². The van der Waals surface area contributed by atoms with Crippen LogP contribution < -0.4 is 11.1 Å². The maximum Gasteiger partial charge on any atom is 0.255 e. The molecule has 4 heteroatoms. The smallest absolute Gasteiger partial charge is 0.255 e. The van der Waals surface area contributed by atoms with E-state index < -0.39 is 0 Å². The van der Waals surface area contributed by atoms with Crippen molar-refractivity contribution in [3.63, 3.8) is 0 Å². The Bertz CT molecular complexity index is 919. The quantitative estimate of drug-likeness (QED) is 0.474. The molecule has 3 aromatic rings. The predicted molar refractivity (Wildman–Crippen MR) is 109 cm³/mol. The van der Waals surface area contributed by atoms with Crippen molar-refractivity contribution in [2.45, 2.75) is 19.3 Å². The number of hydrogen-bond acceptors (Lipinski definition) is 3. The highest BCUT2D eigenvalue weighted by Gasteiger charge is 2.10. The van der Waals surface area contributed by atoms with Crippen LogP contribution in [0.25, 0.3) is 0 Å². The van der Waals surface area contributed by atoms with Crippen molar-refractivity contribution in [2.24, 2.45) is 0 Å². The number of hydrogen-bond donors (Lipinski definition) is 2. The summed E-state index contributed by atoms with van der Waals surface area (Å²) in [6, 6.07) is 24.0. The summed E-state index contributed by atoms with van der Waals surface area (Å²) >= 11 is 0. The number of anilines is 2. The number of benzene rings is 3. The fourth-order valence-corrected chi connectivity index (χ4v) is 2.85. The van der Waals surface area contributed by atoms with Gasteiger partial charge in [-0.3, -0.25) is 9.59 Å². The molecule has 0 unspecified atom stereocenters. The minimum atomic E-state index is -0.254. The number of rotatable bonds is 7. The van der Waals surface area contributed by atoms with Crippen molar-refractivity contribution in [3.8, 4) is 0 Å². The average Bonchev–Trinajstić information content (AvgIpc) is 2.70. The topological polar surface area (TPSA) is 72.2 Å². The Morgan fingerprint density at radius 3 is 2.11 bits per heavy atom. The number of carbonyl (C=O) groups is 2. The molecule has 0 aliphatic heterocycles. The van der Waals surface area contributed by atoms with Gasteiger partial charge in [-0.05, 0) is 42.7 Å². The molecule has 0 aliphatic carbocycles. The van der Waals surface area contributed by atoms with E-state index in [2.05, 4.69) is 17.4 Å². The summed E-state index contributed by atoms with van der Waals surface area (Å²) in [4.78, 5) is 24.7. The average molecular weight is 358 g/mol. The third-order valence-electron chi connectivity index (χ3n) is 4.39. The lowest BCUT2D eigenvalue weighted by Gasteiger charge is -2.08. The zero-order valence-corrected chi connectivity index (χ0v) is 15.0. The molecule has 0 atom stereocenters. The second-order valence-electron chi connectivity index (χ2n) is 6.38. The zero-order valence-electron chi connectivity index (χ0n) is 15.0. The van der Waals surface area contributed by atoms with Crippen LogP contribution in [-0.2, 0) is 6.42 Å². The van der Waals surface area contributed by atoms with Gasteiger partial charge in [0.05, 0.1) is 11.4 Å². The summed E-state index contributed by atoms with van der Waals surface area (Å²) in [6.45, 7) is 0. The number of aryl methyl sites for hydroxylation is 1. The van der Waals surface area contributed by atoms with Gasteiger partial charge >= 0.3 is 0 Å². The highest BCUT2D eigenvalue weighted by Crippen LogP contribution is 2.18. The van der Waals surface area contributed by atoms with Crippen molar-refractivity contribution in [2.75, 3.05) is 11.1 Å². The molecule has 3 N–H and O–H groups in total. The number of para-hydroxylation sites is 2. The van der Waals surface area contributed by atoms with E-state index in [9.17, 15) is 9.59 Å². The Balaban J connectivity index is 1.55. The van der Waals surface area contributed by atoms with E-state index in [1.807, 2.05) is 30.3 Å². The van der Waals surface area contributed by atoms with Crippen LogP contribution in [0.4, 0.5) is 11.4 Å². The zero-order chi connectivity index (χ0) is 19.1. The molecule has 0 saturated carbocycles. The van der Waals surface area contributed by atoms with Crippen molar-refractivity contribution in [3.05, 3.63) is 95.6 Å². The molecule has 0 radical (unpaired) electrons. The maximum absolute atomic E-state index is 12.3. The van der Waals surface area contributed by atoms with Gasteiger partial charge < -0.3 is 11.1 Å². The molecule has 0 aliphatic rings. The SMILES string of the molecule is Nc1ccccc1NC(=O)c1ccc(C(=O)CCCc2ccccc2)cc1. The number of amides is 1. The molecule has 4 nitrogen and oxygen atoms in total. The number of Topliss-reactive ketones (excluding diaryl/α,β-unsaturated/α-hetero) is 1. The first-order chi connectivity index (χ1) is 13.1. The van der Waals surface area contributed by atoms with Gasteiger partial charge in [0.15, 0.2) is 5.78 Å². The Morgan fingerprint density at radius 2 is 1.41 bits per heavy atom. The van der Waals surface area contributed by atoms with E-state index in [0.717, 1.165) is 12.8 Å². The molecular weight excluding hydrogens is 336 g/mol. The summed E-state index contributed by atoms with van der Waals surface area (Å²) in [5.74, 6) is -0.166. The van der Waals surface area contributed by atoms with Crippen LogP contribution in [0.5, 0.6) is 0 Å². The molecule has 0 heterocycles. The second-order valence-corrected chi connectivity index (χ2v) is 6.38. The summed E-state index contributed by atoms with van der Waals surface area (Å²) in [5.41, 5.74) is 9.27. The first kappa shape index (κ1) is 18.4. The Labute approximate surface area is 159 Å². The second kappa shape index (κ2) is 8.81. The number of carbonyl (C=O) groups excluding carboxylic acids is 2. The van der Waals surface area contributed by atoms with Gasteiger partial charge in [-0.25, -0.2) is 0 Å². The molecule has 136 valence electrons. The maximum atomic E-state index is 12.3. The van der Waals surface area contributed by atoms with Crippen LogP contribution in [0.3, 0.4) is 0 Å². The summed E-state index contributed by atoms with van der Waals surface area (Å²) in [7, 11) is 0. The standard InChI is InChI=1S/C23H22N2O2/c24-20-10-4-5-11-21(20)25-23(27)19-15-13-18(14-16-19)22(26)12-6-9-17-7-2-1-3-8-17/h1-5,7-8,10-11,13-16H,6,9,12,24H2,(H,25,27). The fourth-order valence-electron chi connectivity index (χ4n) is 2.85. The number of nitrogen functional groups attached to an aromatic ring is 1. The predicted octanol–water partition coefficient (Wildman–Crippen LogP) is 4.73. The van der Waals surface area contributed by atoms with E-state index in [1.165, 1.54) is 5.56 Å². The number of nitrogens with one attached hydrogen (secondary N) is 1. The monoisotopic (exact) mass is 358 g/mol. The van der Waals surface area contributed by atoms with Crippen LogP contribution in [0.1, 0.15) is 39.1 Å². The largest absolute Gasteiger partial charge is 0.397 e. The fraction of sp³-hybridized carbons (Fsp3) is 0.130.